The van der Waals surface area contributed by atoms with Gasteiger partial charge in [-0.2, -0.15) is 0 Å². The second-order valence-electron chi connectivity index (χ2n) is 5.50. The second-order valence-corrected chi connectivity index (χ2v) is 5.50. The largest absolute Gasteiger partial charge is 0.497 e. The van der Waals surface area contributed by atoms with Gasteiger partial charge in [-0.3, -0.25) is 0 Å². The molecule has 1 fully saturated rings. The first-order chi connectivity index (χ1) is 10.7. The van der Waals surface area contributed by atoms with Crippen LogP contribution in [0.1, 0.15) is 17.4 Å². The predicted octanol–water partition coefficient (Wildman–Crippen LogP) is 4.09. The first-order valence-corrected chi connectivity index (χ1v) is 7.46. The maximum absolute atomic E-state index is 6.03. The Bertz CT molecular complexity index is 633. The molecule has 2 atom stereocenters. The Labute approximate surface area is 131 Å². The van der Waals surface area contributed by atoms with Crippen molar-refractivity contribution in [2.45, 2.75) is 19.2 Å². The van der Waals surface area contributed by atoms with Crippen molar-refractivity contribution in [2.75, 3.05) is 18.6 Å². The number of hydrogen-bond acceptors (Lipinski definition) is 3. The fourth-order valence-electron chi connectivity index (χ4n) is 2.77. The van der Waals surface area contributed by atoms with Crippen molar-refractivity contribution in [3.8, 4) is 5.75 Å². The molecule has 0 unspecified atom stereocenters. The standard InChI is InChI=1S/C19H21NO2/c1-4-16-13-22-19(15-7-5-14(2)6-8-15)20(16)17-9-11-18(21-3)12-10-17/h4-12,16,19H,1,13H2,2-3H3/t16-,19-/m0/s1. The summed E-state index contributed by atoms with van der Waals surface area (Å²) in [7, 11) is 1.68. The van der Waals surface area contributed by atoms with E-state index in [9.17, 15) is 0 Å². The molecular formula is C19H21NO2. The Balaban J connectivity index is 1.95. The highest BCUT2D eigenvalue weighted by Gasteiger charge is 2.33. The van der Waals surface area contributed by atoms with Crippen molar-refractivity contribution in [2.24, 2.45) is 0 Å². The molecule has 0 amide bonds. The zero-order chi connectivity index (χ0) is 15.5. The monoisotopic (exact) mass is 295 g/mol. The summed E-state index contributed by atoms with van der Waals surface area (Å²) >= 11 is 0. The number of hydrogen-bond donors (Lipinski definition) is 0. The molecule has 0 bridgehead atoms. The molecule has 1 aliphatic rings. The van der Waals surface area contributed by atoms with Crippen LogP contribution < -0.4 is 9.64 Å². The van der Waals surface area contributed by atoms with Crippen LogP contribution in [0.25, 0.3) is 0 Å². The number of aryl methyl sites for hydroxylation is 1. The number of ether oxygens (including phenoxy) is 2. The van der Waals surface area contributed by atoms with E-state index in [0.29, 0.717) is 6.61 Å². The number of anilines is 1. The molecular weight excluding hydrogens is 274 g/mol. The van der Waals surface area contributed by atoms with E-state index in [2.05, 4.69) is 54.8 Å². The summed E-state index contributed by atoms with van der Waals surface area (Å²) in [6.07, 6.45) is 1.86. The molecule has 0 saturated carbocycles. The molecule has 1 aliphatic heterocycles. The van der Waals surface area contributed by atoms with Crippen LogP contribution in [0.15, 0.2) is 61.2 Å². The molecule has 1 saturated heterocycles. The van der Waals surface area contributed by atoms with Gasteiger partial charge in [0, 0.05) is 11.3 Å². The highest BCUT2D eigenvalue weighted by atomic mass is 16.5. The van der Waals surface area contributed by atoms with Crippen molar-refractivity contribution in [1.82, 2.24) is 0 Å². The predicted molar refractivity (Wildman–Crippen MR) is 89.3 cm³/mol. The SMILES string of the molecule is C=C[C@H]1CO[C@@H](c2ccc(C)cc2)N1c1ccc(OC)cc1. The summed E-state index contributed by atoms with van der Waals surface area (Å²) in [5.41, 5.74) is 3.51. The highest BCUT2D eigenvalue weighted by Crippen LogP contribution is 2.36. The van der Waals surface area contributed by atoms with Crippen molar-refractivity contribution in [1.29, 1.82) is 0 Å². The number of rotatable bonds is 4. The van der Waals surface area contributed by atoms with Gasteiger partial charge in [-0.25, -0.2) is 0 Å². The minimum Gasteiger partial charge on any atom is -0.497 e. The van der Waals surface area contributed by atoms with Gasteiger partial charge in [0.15, 0.2) is 6.23 Å². The third-order valence-corrected chi connectivity index (χ3v) is 4.04. The first-order valence-electron chi connectivity index (χ1n) is 7.46. The summed E-state index contributed by atoms with van der Waals surface area (Å²) in [5, 5.41) is 0. The highest BCUT2D eigenvalue weighted by molar-refractivity contribution is 5.53. The van der Waals surface area contributed by atoms with Gasteiger partial charge in [-0.15, -0.1) is 6.58 Å². The Morgan fingerprint density at radius 3 is 2.41 bits per heavy atom. The molecule has 0 N–H and O–H groups in total. The summed E-state index contributed by atoms with van der Waals surface area (Å²) < 4.78 is 11.3. The number of methoxy groups -OCH3 is 1. The van der Waals surface area contributed by atoms with Crippen LogP contribution in [0.3, 0.4) is 0 Å². The van der Waals surface area contributed by atoms with Crippen LogP contribution in [0.4, 0.5) is 5.69 Å². The maximum atomic E-state index is 6.03. The lowest BCUT2D eigenvalue weighted by Gasteiger charge is -2.29. The normalized spacial score (nSPS) is 20.9. The van der Waals surface area contributed by atoms with Gasteiger partial charge in [0.05, 0.1) is 19.8 Å². The average molecular weight is 295 g/mol. The molecule has 0 spiro atoms. The van der Waals surface area contributed by atoms with E-state index >= 15 is 0 Å². The van der Waals surface area contributed by atoms with E-state index in [1.54, 1.807) is 7.11 Å². The maximum Gasteiger partial charge on any atom is 0.157 e. The molecule has 3 nitrogen and oxygen atoms in total. The van der Waals surface area contributed by atoms with Crippen molar-refractivity contribution in [3.05, 3.63) is 72.3 Å². The first kappa shape index (κ1) is 14.7. The van der Waals surface area contributed by atoms with Gasteiger partial charge in [-0.05, 0) is 31.2 Å². The zero-order valence-corrected chi connectivity index (χ0v) is 13.0. The van der Waals surface area contributed by atoms with Crippen molar-refractivity contribution < 1.29 is 9.47 Å². The molecule has 114 valence electrons. The van der Waals surface area contributed by atoms with Crippen LogP contribution in [0, 0.1) is 6.92 Å². The third-order valence-electron chi connectivity index (χ3n) is 4.04. The molecule has 0 aromatic heterocycles. The molecule has 1 heterocycles. The van der Waals surface area contributed by atoms with E-state index in [-0.39, 0.29) is 12.3 Å². The van der Waals surface area contributed by atoms with Crippen molar-refractivity contribution >= 4 is 5.69 Å². The van der Waals surface area contributed by atoms with Crippen molar-refractivity contribution in [3.63, 3.8) is 0 Å². The van der Waals surface area contributed by atoms with Gasteiger partial charge >= 0.3 is 0 Å². The zero-order valence-electron chi connectivity index (χ0n) is 13.0. The fourth-order valence-corrected chi connectivity index (χ4v) is 2.77. The van der Waals surface area contributed by atoms with Gasteiger partial charge in [0.25, 0.3) is 0 Å². The summed E-state index contributed by atoms with van der Waals surface area (Å²) in [6.45, 7) is 6.69. The van der Waals surface area contributed by atoms with E-state index in [1.807, 2.05) is 18.2 Å². The Morgan fingerprint density at radius 1 is 1.14 bits per heavy atom. The van der Waals surface area contributed by atoms with Crippen LogP contribution in [-0.2, 0) is 4.74 Å². The lowest BCUT2D eigenvalue weighted by Crippen LogP contribution is -2.31. The van der Waals surface area contributed by atoms with Crippen LogP contribution in [-0.4, -0.2) is 19.8 Å². The Hall–Kier alpha value is -2.26. The topological polar surface area (TPSA) is 21.7 Å². The minimum absolute atomic E-state index is 0.0861. The van der Waals surface area contributed by atoms with Crippen LogP contribution in [0.5, 0.6) is 5.75 Å². The van der Waals surface area contributed by atoms with E-state index in [1.165, 1.54) is 5.56 Å². The smallest absolute Gasteiger partial charge is 0.157 e. The Morgan fingerprint density at radius 2 is 1.82 bits per heavy atom. The van der Waals surface area contributed by atoms with E-state index in [0.717, 1.165) is 17.0 Å². The van der Waals surface area contributed by atoms with Crippen LogP contribution >= 0.6 is 0 Å². The number of benzene rings is 2. The summed E-state index contributed by atoms with van der Waals surface area (Å²) in [6, 6.07) is 16.7. The molecule has 0 aliphatic carbocycles. The lowest BCUT2D eigenvalue weighted by molar-refractivity contribution is 0.112. The van der Waals surface area contributed by atoms with Gasteiger partial charge in [0.1, 0.15) is 5.75 Å². The molecule has 0 radical (unpaired) electrons. The average Bonchev–Trinajstić information content (AvgIpc) is 2.99. The second kappa shape index (κ2) is 6.24. The quantitative estimate of drug-likeness (QED) is 0.793. The van der Waals surface area contributed by atoms with E-state index < -0.39 is 0 Å². The summed E-state index contributed by atoms with van der Waals surface area (Å²) in [5.74, 6) is 0.853. The molecule has 22 heavy (non-hydrogen) atoms. The fraction of sp³-hybridized carbons (Fsp3) is 0.263. The van der Waals surface area contributed by atoms with E-state index in [4.69, 9.17) is 9.47 Å². The molecule has 3 heteroatoms. The molecule has 2 aromatic carbocycles. The Kier molecular flexibility index (Phi) is 4.16. The van der Waals surface area contributed by atoms with Crippen LogP contribution in [0.2, 0.25) is 0 Å². The third kappa shape index (κ3) is 2.72. The van der Waals surface area contributed by atoms with Gasteiger partial charge < -0.3 is 14.4 Å². The molecule has 2 aromatic rings. The lowest BCUT2D eigenvalue weighted by atomic mass is 10.1. The minimum atomic E-state index is -0.0861. The summed E-state index contributed by atoms with van der Waals surface area (Å²) in [4.78, 5) is 2.26. The van der Waals surface area contributed by atoms with Gasteiger partial charge in [0.2, 0.25) is 0 Å². The number of nitrogens with zero attached hydrogens (tertiary/aromatic N) is 1. The van der Waals surface area contributed by atoms with Gasteiger partial charge in [-0.1, -0.05) is 35.9 Å². The molecule has 3 rings (SSSR count).